The first-order valence-corrected chi connectivity index (χ1v) is 7.54. The topological polar surface area (TPSA) is 73.1 Å². The predicted molar refractivity (Wildman–Crippen MR) is 83.7 cm³/mol. The lowest BCUT2D eigenvalue weighted by molar-refractivity contribution is 0.297. The molecule has 0 aliphatic rings. The monoisotopic (exact) mass is 450 g/mol. The molecule has 0 unspecified atom stereocenters. The van der Waals surface area contributed by atoms with E-state index in [0.29, 0.717) is 18.3 Å². The Morgan fingerprint density at radius 3 is 2.53 bits per heavy atom. The Morgan fingerprint density at radius 1 is 1.21 bits per heavy atom. The van der Waals surface area contributed by atoms with Crippen molar-refractivity contribution in [2.24, 2.45) is 5.84 Å². The molecule has 100 valence electrons. The Bertz CT molecular complexity index is 571. The quantitative estimate of drug-likeness (QED) is 0.547. The summed E-state index contributed by atoms with van der Waals surface area (Å²) < 4.78 is 8.38. The van der Waals surface area contributed by atoms with Crippen LogP contribution in [0.15, 0.2) is 37.8 Å². The fourth-order valence-corrected chi connectivity index (χ4v) is 3.85. The second-order valence-corrected chi connectivity index (χ2v) is 6.13. The van der Waals surface area contributed by atoms with Gasteiger partial charge in [-0.3, -0.25) is 5.43 Å². The second-order valence-electron chi connectivity index (χ2n) is 3.50. The summed E-state index contributed by atoms with van der Waals surface area (Å²) in [5.41, 5.74) is 3.12. The molecule has 0 radical (unpaired) electrons. The molecule has 0 bridgehead atoms. The Hall–Kier alpha value is -0.700. The molecule has 1 aromatic heterocycles. The zero-order valence-electron chi connectivity index (χ0n) is 9.53. The number of rotatable bonds is 4. The van der Waals surface area contributed by atoms with Crippen molar-refractivity contribution in [3.05, 3.63) is 43.5 Å². The van der Waals surface area contributed by atoms with E-state index in [0.717, 1.165) is 19.1 Å². The second kappa shape index (κ2) is 6.65. The summed E-state index contributed by atoms with van der Waals surface area (Å²) in [6.07, 6.45) is 1.62. The lowest BCUT2D eigenvalue weighted by Crippen LogP contribution is -2.11. The molecule has 0 spiro atoms. The minimum Gasteiger partial charge on any atom is -0.485 e. The number of hydrogen-bond acceptors (Lipinski definition) is 5. The van der Waals surface area contributed by atoms with E-state index >= 15 is 0 Å². The van der Waals surface area contributed by atoms with Crippen molar-refractivity contribution in [1.82, 2.24) is 9.97 Å². The third-order valence-corrected chi connectivity index (χ3v) is 3.81. The third-order valence-electron chi connectivity index (χ3n) is 2.17. The van der Waals surface area contributed by atoms with E-state index in [2.05, 4.69) is 63.2 Å². The van der Waals surface area contributed by atoms with Crippen LogP contribution in [-0.2, 0) is 6.61 Å². The molecular formula is C11H9Br3N4O. The number of hydrogen-bond donors (Lipinski definition) is 2. The van der Waals surface area contributed by atoms with E-state index < -0.39 is 0 Å². The van der Waals surface area contributed by atoms with Crippen molar-refractivity contribution in [3.63, 3.8) is 0 Å². The van der Waals surface area contributed by atoms with Crippen molar-refractivity contribution < 1.29 is 4.74 Å². The Morgan fingerprint density at radius 2 is 1.89 bits per heavy atom. The van der Waals surface area contributed by atoms with Crippen LogP contribution in [0.1, 0.15) is 5.69 Å². The molecule has 3 N–H and O–H groups in total. The number of anilines is 1. The largest absolute Gasteiger partial charge is 0.485 e. The van der Waals surface area contributed by atoms with Gasteiger partial charge in [-0.05, 0) is 50.1 Å². The highest BCUT2D eigenvalue weighted by Gasteiger charge is 2.09. The van der Waals surface area contributed by atoms with Gasteiger partial charge in [0.05, 0.1) is 14.6 Å². The minimum absolute atomic E-state index is 0.316. The number of aromatic nitrogens is 2. The first-order valence-electron chi connectivity index (χ1n) is 5.16. The van der Waals surface area contributed by atoms with E-state index in [1.165, 1.54) is 0 Å². The van der Waals surface area contributed by atoms with Crippen LogP contribution in [-0.4, -0.2) is 9.97 Å². The molecule has 1 heterocycles. The average molecular weight is 453 g/mol. The van der Waals surface area contributed by atoms with Crippen LogP contribution in [0.5, 0.6) is 5.75 Å². The van der Waals surface area contributed by atoms with Crippen LogP contribution in [0, 0.1) is 0 Å². The van der Waals surface area contributed by atoms with Crippen molar-refractivity contribution >= 4 is 53.7 Å². The normalized spacial score (nSPS) is 10.3. The van der Waals surface area contributed by atoms with Gasteiger partial charge < -0.3 is 4.74 Å². The van der Waals surface area contributed by atoms with Crippen LogP contribution in [0.4, 0.5) is 5.95 Å². The molecule has 0 aliphatic carbocycles. The first-order chi connectivity index (χ1) is 9.10. The molecule has 8 heteroatoms. The number of nitrogen functional groups attached to an aromatic ring is 1. The van der Waals surface area contributed by atoms with E-state index in [1.54, 1.807) is 12.3 Å². The van der Waals surface area contributed by atoms with Gasteiger partial charge in [-0.15, -0.1) is 0 Å². The summed E-state index contributed by atoms with van der Waals surface area (Å²) in [5, 5.41) is 0. The van der Waals surface area contributed by atoms with Crippen LogP contribution in [0.3, 0.4) is 0 Å². The van der Waals surface area contributed by atoms with Gasteiger partial charge in [0.2, 0.25) is 5.95 Å². The number of nitrogens with two attached hydrogens (primary N) is 1. The summed E-state index contributed by atoms with van der Waals surface area (Å²) >= 11 is 10.3. The maximum absolute atomic E-state index is 5.73. The lowest BCUT2D eigenvalue weighted by Gasteiger charge is -2.10. The maximum atomic E-state index is 5.73. The molecule has 0 saturated heterocycles. The van der Waals surface area contributed by atoms with E-state index in [-0.39, 0.29) is 0 Å². The van der Waals surface area contributed by atoms with Gasteiger partial charge in [-0.1, -0.05) is 15.9 Å². The number of ether oxygens (including phenoxy) is 1. The van der Waals surface area contributed by atoms with E-state index in [4.69, 9.17) is 10.6 Å². The van der Waals surface area contributed by atoms with Crippen LogP contribution in [0.25, 0.3) is 0 Å². The van der Waals surface area contributed by atoms with Gasteiger partial charge in [-0.2, -0.15) is 0 Å². The standard InChI is InChI=1S/C11H9Br3N4O/c12-6-3-8(13)10(9(14)4-6)19-5-7-1-2-16-11(17-7)18-15/h1-4H,5,15H2,(H,16,17,18). The van der Waals surface area contributed by atoms with Crippen LogP contribution in [0.2, 0.25) is 0 Å². The van der Waals surface area contributed by atoms with Crippen molar-refractivity contribution in [2.75, 3.05) is 5.43 Å². The highest BCUT2D eigenvalue weighted by atomic mass is 79.9. The molecule has 0 fully saturated rings. The summed E-state index contributed by atoms with van der Waals surface area (Å²) in [4.78, 5) is 8.10. The molecular weight excluding hydrogens is 444 g/mol. The highest BCUT2D eigenvalue weighted by molar-refractivity contribution is 9.11. The van der Waals surface area contributed by atoms with Gasteiger partial charge in [0, 0.05) is 10.7 Å². The number of nitrogens with one attached hydrogen (secondary N) is 1. The number of benzene rings is 1. The van der Waals surface area contributed by atoms with E-state index in [1.807, 2.05) is 12.1 Å². The van der Waals surface area contributed by atoms with Gasteiger partial charge in [-0.25, -0.2) is 15.8 Å². The molecule has 0 amide bonds. The smallest absolute Gasteiger partial charge is 0.237 e. The first kappa shape index (κ1) is 14.7. The van der Waals surface area contributed by atoms with Gasteiger partial charge >= 0.3 is 0 Å². The number of halogens is 3. The molecule has 0 aliphatic heterocycles. The molecule has 19 heavy (non-hydrogen) atoms. The fourth-order valence-electron chi connectivity index (χ4n) is 1.36. The third kappa shape index (κ3) is 3.88. The predicted octanol–water partition coefficient (Wildman–Crippen LogP) is 3.63. The summed E-state index contributed by atoms with van der Waals surface area (Å²) in [6.45, 7) is 0.316. The molecule has 0 saturated carbocycles. The highest BCUT2D eigenvalue weighted by Crippen LogP contribution is 2.36. The molecule has 2 rings (SSSR count). The van der Waals surface area contributed by atoms with Crippen LogP contribution < -0.4 is 16.0 Å². The van der Waals surface area contributed by atoms with Crippen molar-refractivity contribution in [1.29, 1.82) is 0 Å². The molecule has 2 aromatic rings. The van der Waals surface area contributed by atoms with Crippen molar-refractivity contribution in [2.45, 2.75) is 6.61 Å². The Balaban J connectivity index is 2.14. The van der Waals surface area contributed by atoms with E-state index in [9.17, 15) is 0 Å². The number of nitrogens with zero attached hydrogens (tertiary/aromatic N) is 2. The van der Waals surface area contributed by atoms with Gasteiger partial charge in [0.15, 0.2) is 0 Å². The zero-order chi connectivity index (χ0) is 13.8. The Kier molecular flexibility index (Phi) is 5.14. The minimum atomic E-state index is 0.316. The van der Waals surface area contributed by atoms with Crippen molar-refractivity contribution in [3.8, 4) is 5.75 Å². The summed E-state index contributed by atoms with van der Waals surface area (Å²) in [5.74, 6) is 6.32. The molecule has 5 nitrogen and oxygen atoms in total. The average Bonchev–Trinajstić information content (AvgIpc) is 2.37. The molecule has 0 atom stereocenters. The number of hydrazine groups is 1. The fraction of sp³-hybridized carbons (Fsp3) is 0.0909. The zero-order valence-corrected chi connectivity index (χ0v) is 14.3. The summed E-state index contributed by atoms with van der Waals surface area (Å²) in [7, 11) is 0. The molecule has 1 aromatic carbocycles. The van der Waals surface area contributed by atoms with Crippen LogP contribution >= 0.6 is 47.8 Å². The van der Waals surface area contributed by atoms with Gasteiger partial charge in [0.1, 0.15) is 12.4 Å². The SMILES string of the molecule is NNc1nccc(COc2c(Br)cc(Br)cc2Br)n1. The summed E-state index contributed by atoms with van der Waals surface area (Å²) in [6, 6.07) is 5.58. The lowest BCUT2D eigenvalue weighted by atomic mass is 10.3. The maximum Gasteiger partial charge on any atom is 0.237 e. The van der Waals surface area contributed by atoms with Gasteiger partial charge in [0.25, 0.3) is 0 Å². The Labute approximate surface area is 135 Å².